The zero-order valence-electron chi connectivity index (χ0n) is 7.83. The van der Waals surface area contributed by atoms with Crippen LogP contribution in [0, 0.1) is 6.92 Å². The van der Waals surface area contributed by atoms with Crippen molar-refractivity contribution < 1.29 is 19.1 Å². The first kappa shape index (κ1) is 9.80. The second kappa shape index (κ2) is 3.62. The minimum Gasteiger partial charge on any atom is -0.465 e. The Morgan fingerprint density at radius 1 is 1.69 bits per heavy atom. The standard InChI is InChI=1S/C9H12O4/c1-5(10)8-4-7(6(2)13-8)9(11)12-3/h4-5,10H,1-3H3. The second-order valence-electron chi connectivity index (χ2n) is 2.79. The molecule has 0 aliphatic heterocycles. The average molecular weight is 184 g/mol. The normalized spacial score (nSPS) is 12.6. The Hall–Kier alpha value is -1.29. The molecular weight excluding hydrogens is 172 g/mol. The maximum Gasteiger partial charge on any atom is 0.341 e. The number of ether oxygens (including phenoxy) is 1. The van der Waals surface area contributed by atoms with Gasteiger partial charge in [0.05, 0.1) is 7.11 Å². The number of carbonyl (C=O) groups is 1. The highest BCUT2D eigenvalue weighted by Crippen LogP contribution is 2.20. The van der Waals surface area contributed by atoms with E-state index in [0.29, 0.717) is 17.1 Å². The van der Waals surface area contributed by atoms with Gasteiger partial charge in [0.1, 0.15) is 23.2 Å². The molecule has 1 N–H and O–H groups in total. The molecule has 0 aliphatic carbocycles. The molecule has 0 aromatic carbocycles. The van der Waals surface area contributed by atoms with E-state index in [9.17, 15) is 9.90 Å². The van der Waals surface area contributed by atoms with Crippen LogP contribution >= 0.6 is 0 Å². The number of carbonyl (C=O) groups excluding carboxylic acids is 1. The van der Waals surface area contributed by atoms with Crippen LogP contribution < -0.4 is 0 Å². The lowest BCUT2D eigenvalue weighted by Gasteiger charge is -1.95. The number of hydrogen-bond donors (Lipinski definition) is 1. The minimum absolute atomic E-state index is 0.360. The quantitative estimate of drug-likeness (QED) is 0.706. The van der Waals surface area contributed by atoms with Gasteiger partial charge in [-0.3, -0.25) is 0 Å². The van der Waals surface area contributed by atoms with E-state index < -0.39 is 12.1 Å². The van der Waals surface area contributed by atoms with E-state index in [2.05, 4.69) is 4.74 Å². The summed E-state index contributed by atoms with van der Waals surface area (Å²) in [5, 5.41) is 9.17. The molecule has 1 heterocycles. The van der Waals surface area contributed by atoms with Crippen molar-refractivity contribution in [3.8, 4) is 0 Å². The lowest BCUT2D eigenvalue weighted by molar-refractivity contribution is 0.0599. The molecule has 0 saturated heterocycles. The zero-order chi connectivity index (χ0) is 10.0. The van der Waals surface area contributed by atoms with E-state index >= 15 is 0 Å². The fraction of sp³-hybridized carbons (Fsp3) is 0.444. The average Bonchev–Trinajstić information content (AvgIpc) is 2.46. The first-order chi connectivity index (χ1) is 6.06. The number of hydrogen-bond acceptors (Lipinski definition) is 4. The van der Waals surface area contributed by atoms with Gasteiger partial charge in [-0.25, -0.2) is 4.79 Å². The number of aliphatic hydroxyl groups is 1. The largest absolute Gasteiger partial charge is 0.465 e. The summed E-state index contributed by atoms with van der Waals surface area (Å²) in [5.41, 5.74) is 0.360. The summed E-state index contributed by atoms with van der Waals surface area (Å²) >= 11 is 0. The summed E-state index contributed by atoms with van der Waals surface area (Å²) in [5.74, 6) is 0.383. The molecule has 0 fully saturated rings. The molecule has 4 nitrogen and oxygen atoms in total. The van der Waals surface area contributed by atoms with Crippen molar-refractivity contribution in [3.63, 3.8) is 0 Å². The maximum absolute atomic E-state index is 11.1. The number of methoxy groups -OCH3 is 1. The summed E-state index contributed by atoms with van der Waals surface area (Å²) in [6.07, 6.45) is -0.711. The Bertz CT molecular complexity index is 311. The van der Waals surface area contributed by atoms with Gasteiger partial charge in [-0.2, -0.15) is 0 Å². The van der Waals surface area contributed by atoms with E-state index in [1.807, 2.05) is 0 Å². The van der Waals surface area contributed by atoms with Crippen LogP contribution in [0.2, 0.25) is 0 Å². The highest BCUT2D eigenvalue weighted by atomic mass is 16.5. The van der Waals surface area contributed by atoms with Crippen LogP contribution in [0.3, 0.4) is 0 Å². The van der Waals surface area contributed by atoms with Crippen LogP contribution in [0.4, 0.5) is 0 Å². The van der Waals surface area contributed by atoms with Gasteiger partial charge in [-0.15, -0.1) is 0 Å². The van der Waals surface area contributed by atoms with E-state index in [1.165, 1.54) is 13.2 Å². The van der Waals surface area contributed by atoms with Crippen molar-refractivity contribution >= 4 is 5.97 Å². The van der Waals surface area contributed by atoms with Crippen LogP contribution in [0.5, 0.6) is 0 Å². The predicted octanol–water partition coefficient (Wildman–Crippen LogP) is 1.43. The molecule has 1 aromatic rings. The molecule has 0 spiro atoms. The van der Waals surface area contributed by atoms with Gasteiger partial charge in [0, 0.05) is 0 Å². The van der Waals surface area contributed by atoms with Crippen LogP contribution in [-0.2, 0) is 4.74 Å². The summed E-state index contributed by atoms with van der Waals surface area (Å²) in [7, 11) is 1.30. The number of rotatable bonds is 2. The van der Waals surface area contributed by atoms with Gasteiger partial charge < -0.3 is 14.3 Å². The summed E-state index contributed by atoms with van der Waals surface area (Å²) < 4.78 is 9.68. The Kier molecular flexibility index (Phi) is 2.72. The molecule has 13 heavy (non-hydrogen) atoms. The molecule has 1 unspecified atom stereocenters. The molecule has 0 aliphatic rings. The van der Waals surface area contributed by atoms with Crippen molar-refractivity contribution in [3.05, 3.63) is 23.2 Å². The van der Waals surface area contributed by atoms with Gasteiger partial charge in [0.2, 0.25) is 0 Å². The highest BCUT2D eigenvalue weighted by molar-refractivity contribution is 5.90. The topological polar surface area (TPSA) is 59.7 Å². The maximum atomic E-state index is 11.1. The molecule has 1 aromatic heterocycles. The van der Waals surface area contributed by atoms with E-state index in [4.69, 9.17) is 4.42 Å². The Morgan fingerprint density at radius 3 is 2.69 bits per heavy atom. The van der Waals surface area contributed by atoms with Crippen LogP contribution in [0.15, 0.2) is 10.5 Å². The van der Waals surface area contributed by atoms with E-state index in [0.717, 1.165) is 0 Å². The van der Waals surface area contributed by atoms with Gasteiger partial charge in [0.25, 0.3) is 0 Å². The Morgan fingerprint density at radius 2 is 2.31 bits per heavy atom. The molecule has 0 radical (unpaired) electrons. The smallest absolute Gasteiger partial charge is 0.341 e. The fourth-order valence-corrected chi connectivity index (χ4v) is 1.02. The molecule has 1 atom stereocenters. The predicted molar refractivity (Wildman–Crippen MR) is 45.4 cm³/mol. The molecule has 0 bridgehead atoms. The Balaban J connectivity index is 3.03. The SMILES string of the molecule is COC(=O)c1cc(C(C)O)oc1C. The molecule has 4 heteroatoms. The molecular formula is C9H12O4. The zero-order valence-corrected chi connectivity index (χ0v) is 7.83. The number of aliphatic hydroxyl groups excluding tert-OH is 1. The third-order valence-electron chi connectivity index (χ3n) is 1.75. The van der Waals surface area contributed by atoms with Crippen molar-refractivity contribution in [2.75, 3.05) is 7.11 Å². The first-order valence-electron chi connectivity index (χ1n) is 3.93. The monoisotopic (exact) mass is 184 g/mol. The third-order valence-corrected chi connectivity index (χ3v) is 1.75. The summed E-state index contributed by atoms with van der Waals surface area (Å²) in [6, 6.07) is 1.49. The summed E-state index contributed by atoms with van der Waals surface area (Å²) in [4.78, 5) is 11.1. The lowest BCUT2D eigenvalue weighted by Crippen LogP contribution is -2.00. The lowest BCUT2D eigenvalue weighted by atomic mass is 10.2. The van der Waals surface area contributed by atoms with Crippen molar-refractivity contribution in [2.45, 2.75) is 20.0 Å². The molecule has 0 saturated carbocycles. The van der Waals surface area contributed by atoms with Gasteiger partial charge in [-0.05, 0) is 19.9 Å². The van der Waals surface area contributed by atoms with E-state index in [-0.39, 0.29) is 0 Å². The fourth-order valence-electron chi connectivity index (χ4n) is 1.02. The molecule has 0 amide bonds. The van der Waals surface area contributed by atoms with Crippen molar-refractivity contribution in [1.82, 2.24) is 0 Å². The minimum atomic E-state index is -0.711. The third kappa shape index (κ3) is 1.89. The number of esters is 1. The van der Waals surface area contributed by atoms with Crippen molar-refractivity contribution in [2.24, 2.45) is 0 Å². The number of furan rings is 1. The van der Waals surface area contributed by atoms with Crippen LogP contribution in [0.25, 0.3) is 0 Å². The van der Waals surface area contributed by atoms with Gasteiger partial charge >= 0.3 is 5.97 Å². The second-order valence-corrected chi connectivity index (χ2v) is 2.79. The van der Waals surface area contributed by atoms with Gasteiger partial charge in [0.15, 0.2) is 0 Å². The molecule has 1 rings (SSSR count). The number of aryl methyl sites for hydroxylation is 1. The Labute approximate surface area is 76.1 Å². The van der Waals surface area contributed by atoms with Gasteiger partial charge in [-0.1, -0.05) is 0 Å². The summed E-state index contributed by atoms with van der Waals surface area (Å²) in [6.45, 7) is 3.22. The van der Waals surface area contributed by atoms with Crippen LogP contribution in [-0.4, -0.2) is 18.2 Å². The first-order valence-corrected chi connectivity index (χ1v) is 3.93. The van der Waals surface area contributed by atoms with E-state index in [1.54, 1.807) is 13.8 Å². The van der Waals surface area contributed by atoms with Crippen molar-refractivity contribution in [1.29, 1.82) is 0 Å². The van der Waals surface area contributed by atoms with Crippen LogP contribution in [0.1, 0.15) is 34.9 Å². The molecule has 72 valence electrons. The highest BCUT2D eigenvalue weighted by Gasteiger charge is 2.17.